The molecule has 1 heterocycles. The molecule has 16 heavy (non-hydrogen) atoms. The normalized spacial score (nSPS) is 11.0. The van der Waals surface area contributed by atoms with E-state index >= 15 is 0 Å². The Hall–Kier alpha value is -1.28. The number of hydrogen-bond donors (Lipinski definition) is 0. The van der Waals surface area contributed by atoms with Crippen LogP contribution in [-0.2, 0) is 6.42 Å². The van der Waals surface area contributed by atoms with Gasteiger partial charge in [-0.05, 0) is 42.2 Å². The predicted molar refractivity (Wildman–Crippen MR) is 67.1 cm³/mol. The molecule has 0 aliphatic rings. The molecule has 0 fully saturated rings. The molecule has 1 aromatic heterocycles. The third kappa shape index (κ3) is 2.64. The van der Waals surface area contributed by atoms with Gasteiger partial charge >= 0.3 is 0 Å². The van der Waals surface area contributed by atoms with Crippen LogP contribution in [0.5, 0.6) is 0 Å². The summed E-state index contributed by atoms with van der Waals surface area (Å²) in [6.07, 6.45) is 5.06. The molecule has 0 amide bonds. The van der Waals surface area contributed by atoms with Gasteiger partial charge in [-0.2, -0.15) is 5.10 Å². The first kappa shape index (κ1) is 11.2. The molecule has 0 saturated carbocycles. The summed E-state index contributed by atoms with van der Waals surface area (Å²) < 4.78 is 1.88. The van der Waals surface area contributed by atoms with Crippen LogP contribution < -0.4 is 0 Å². The summed E-state index contributed by atoms with van der Waals surface area (Å²) in [6.45, 7) is 4.42. The average Bonchev–Trinajstić information content (AvgIpc) is 2.66. The first-order valence-electron chi connectivity index (χ1n) is 5.44. The van der Waals surface area contributed by atoms with Crippen molar-refractivity contribution in [2.45, 2.75) is 20.3 Å². The number of nitrogens with zero attached hydrogens (tertiary/aromatic N) is 2. The predicted octanol–water partition coefficient (Wildman–Crippen LogP) is 3.72. The lowest BCUT2D eigenvalue weighted by Gasteiger charge is -2.01. The van der Waals surface area contributed by atoms with Gasteiger partial charge in [0.25, 0.3) is 0 Å². The van der Waals surface area contributed by atoms with Gasteiger partial charge < -0.3 is 0 Å². The highest BCUT2D eigenvalue weighted by Gasteiger charge is 2.02. The smallest absolute Gasteiger partial charge is 0.0646 e. The van der Waals surface area contributed by atoms with E-state index in [0.29, 0.717) is 5.92 Å². The van der Waals surface area contributed by atoms with Gasteiger partial charge in [-0.1, -0.05) is 25.4 Å². The van der Waals surface area contributed by atoms with E-state index in [-0.39, 0.29) is 0 Å². The molecule has 0 unspecified atom stereocenters. The van der Waals surface area contributed by atoms with Crippen molar-refractivity contribution in [3.05, 3.63) is 47.2 Å². The minimum absolute atomic E-state index is 0.655. The fourth-order valence-corrected chi connectivity index (χ4v) is 1.80. The van der Waals surface area contributed by atoms with Gasteiger partial charge in [0.2, 0.25) is 0 Å². The summed E-state index contributed by atoms with van der Waals surface area (Å²) in [6, 6.07) is 7.68. The number of rotatable bonds is 3. The molecule has 0 aliphatic carbocycles. The summed E-state index contributed by atoms with van der Waals surface area (Å²) in [7, 11) is 0. The fraction of sp³-hybridized carbons (Fsp3) is 0.308. The van der Waals surface area contributed by atoms with Gasteiger partial charge in [-0.3, -0.25) is 0 Å². The lowest BCUT2D eigenvalue weighted by atomic mass is 10.1. The van der Waals surface area contributed by atoms with Crippen LogP contribution in [0, 0.1) is 5.92 Å². The molecule has 0 N–H and O–H groups in total. The Morgan fingerprint density at radius 2 is 1.94 bits per heavy atom. The minimum Gasteiger partial charge on any atom is -0.241 e. The van der Waals surface area contributed by atoms with Crippen LogP contribution in [0.4, 0.5) is 0 Å². The largest absolute Gasteiger partial charge is 0.241 e. The third-order valence-corrected chi connectivity index (χ3v) is 2.62. The van der Waals surface area contributed by atoms with E-state index in [1.54, 1.807) is 0 Å². The van der Waals surface area contributed by atoms with E-state index < -0.39 is 0 Å². The van der Waals surface area contributed by atoms with Crippen molar-refractivity contribution in [2.75, 3.05) is 0 Å². The molecule has 2 aromatic rings. The summed E-state index contributed by atoms with van der Waals surface area (Å²) in [5.41, 5.74) is 2.31. The van der Waals surface area contributed by atoms with Gasteiger partial charge in [0.05, 0.1) is 11.9 Å². The zero-order valence-corrected chi connectivity index (χ0v) is 10.3. The van der Waals surface area contributed by atoms with Gasteiger partial charge in [0.1, 0.15) is 0 Å². The lowest BCUT2D eigenvalue weighted by Crippen LogP contribution is -1.94. The zero-order chi connectivity index (χ0) is 11.5. The quantitative estimate of drug-likeness (QED) is 0.792. The van der Waals surface area contributed by atoms with Crippen LogP contribution >= 0.6 is 11.6 Å². The molecule has 1 aromatic carbocycles. The Labute approximate surface area is 101 Å². The maximum absolute atomic E-state index is 5.84. The van der Waals surface area contributed by atoms with Crippen molar-refractivity contribution in [1.82, 2.24) is 9.78 Å². The fourth-order valence-electron chi connectivity index (χ4n) is 1.67. The molecule has 0 bridgehead atoms. The molecule has 0 radical (unpaired) electrons. The van der Waals surface area contributed by atoms with Crippen LogP contribution in [0.2, 0.25) is 5.02 Å². The average molecular weight is 235 g/mol. The van der Waals surface area contributed by atoms with Crippen molar-refractivity contribution in [2.24, 2.45) is 5.92 Å². The number of halogens is 1. The van der Waals surface area contributed by atoms with Gasteiger partial charge in [-0.25, -0.2) is 4.68 Å². The lowest BCUT2D eigenvalue weighted by molar-refractivity contribution is 0.647. The van der Waals surface area contributed by atoms with E-state index in [1.165, 1.54) is 5.56 Å². The number of hydrogen-bond acceptors (Lipinski definition) is 1. The van der Waals surface area contributed by atoms with Crippen LogP contribution in [0.3, 0.4) is 0 Å². The molecule has 0 atom stereocenters. The zero-order valence-electron chi connectivity index (χ0n) is 9.52. The van der Waals surface area contributed by atoms with E-state index in [1.807, 2.05) is 35.1 Å². The molecule has 3 heteroatoms. The van der Waals surface area contributed by atoms with E-state index in [4.69, 9.17) is 11.6 Å². The van der Waals surface area contributed by atoms with Crippen molar-refractivity contribution < 1.29 is 0 Å². The van der Waals surface area contributed by atoms with Crippen LogP contribution in [0.15, 0.2) is 36.7 Å². The Morgan fingerprint density at radius 3 is 2.56 bits per heavy atom. The number of benzene rings is 1. The topological polar surface area (TPSA) is 17.8 Å². The molecule has 2 nitrogen and oxygen atoms in total. The van der Waals surface area contributed by atoms with E-state index in [9.17, 15) is 0 Å². The Balaban J connectivity index is 2.21. The second-order valence-corrected chi connectivity index (χ2v) is 4.80. The highest BCUT2D eigenvalue weighted by atomic mass is 35.5. The SMILES string of the molecule is CC(C)Cc1cnn(-c2ccc(Cl)cc2)c1. The maximum atomic E-state index is 5.84. The van der Waals surface area contributed by atoms with Crippen molar-refractivity contribution in [3.8, 4) is 5.69 Å². The highest BCUT2D eigenvalue weighted by molar-refractivity contribution is 6.30. The summed E-state index contributed by atoms with van der Waals surface area (Å²) >= 11 is 5.84. The Morgan fingerprint density at radius 1 is 1.25 bits per heavy atom. The monoisotopic (exact) mass is 234 g/mol. The maximum Gasteiger partial charge on any atom is 0.0646 e. The molecular weight excluding hydrogens is 220 g/mol. The van der Waals surface area contributed by atoms with Crippen molar-refractivity contribution in [3.63, 3.8) is 0 Å². The van der Waals surface area contributed by atoms with Gasteiger partial charge in [0.15, 0.2) is 0 Å². The first-order valence-corrected chi connectivity index (χ1v) is 5.82. The first-order chi connectivity index (χ1) is 7.65. The number of aromatic nitrogens is 2. The Kier molecular flexibility index (Phi) is 3.30. The molecular formula is C13H15ClN2. The summed E-state index contributed by atoms with van der Waals surface area (Å²) in [5.74, 6) is 0.655. The molecule has 2 rings (SSSR count). The second kappa shape index (κ2) is 4.71. The van der Waals surface area contributed by atoms with Gasteiger partial charge in [-0.15, -0.1) is 0 Å². The van der Waals surface area contributed by atoms with Crippen LogP contribution in [-0.4, -0.2) is 9.78 Å². The summed E-state index contributed by atoms with van der Waals surface area (Å²) in [5, 5.41) is 5.09. The van der Waals surface area contributed by atoms with E-state index in [2.05, 4.69) is 25.1 Å². The molecule has 0 saturated heterocycles. The molecule has 84 valence electrons. The van der Waals surface area contributed by atoms with Crippen molar-refractivity contribution >= 4 is 11.6 Å². The molecule has 0 aliphatic heterocycles. The van der Waals surface area contributed by atoms with Crippen LogP contribution in [0.1, 0.15) is 19.4 Å². The third-order valence-electron chi connectivity index (χ3n) is 2.37. The minimum atomic E-state index is 0.655. The van der Waals surface area contributed by atoms with Gasteiger partial charge in [0, 0.05) is 11.2 Å². The summed E-state index contributed by atoms with van der Waals surface area (Å²) in [4.78, 5) is 0. The standard InChI is InChI=1S/C13H15ClN2/c1-10(2)7-11-8-15-16(9-11)13-5-3-12(14)4-6-13/h3-6,8-10H,7H2,1-2H3. The second-order valence-electron chi connectivity index (χ2n) is 4.37. The van der Waals surface area contributed by atoms with Crippen LogP contribution in [0.25, 0.3) is 5.69 Å². The Bertz CT molecular complexity index is 457. The molecule has 0 spiro atoms. The van der Waals surface area contributed by atoms with E-state index in [0.717, 1.165) is 17.1 Å². The highest BCUT2D eigenvalue weighted by Crippen LogP contribution is 2.14. The van der Waals surface area contributed by atoms with Crippen molar-refractivity contribution in [1.29, 1.82) is 0 Å².